The number of aromatic nitrogens is 3. The summed E-state index contributed by atoms with van der Waals surface area (Å²) in [6, 6.07) is 0.275. The molecule has 122 valence electrons. The summed E-state index contributed by atoms with van der Waals surface area (Å²) in [6.07, 6.45) is 0. The SMILES string of the molecule is CC(C)Nc1nc(N2CCOCC2)nc(N2CCOCC2)n1. The lowest BCUT2D eigenvalue weighted by Gasteiger charge is -2.30. The van der Waals surface area contributed by atoms with E-state index in [0.29, 0.717) is 32.4 Å². The summed E-state index contributed by atoms with van der Waals surface area (Å²) < 4.78 is 10.8. The van der Waals surface area contributed by atoms with Gasteiger partial charge in [-0.05, 0) is 13.8 Å². The van der Waals surface area contributed by atoms with Gasteiger partial charge in [0, 0.05) is 32.2 Å². The Hall–Kier alpha value is -1.67. The van der Waals surface area contributed by atoms with Crippen molar-refractivity contribution < 1.29 is 9.47 Å². The van der Waals surface area contributed by atoms with E-state index in [0.717, 1.165) is 38.1 Å². The van der Waals surface area contributed by atoms with Crippen LogP contribution in [0.5, 0.6) is 0 Å². The monoisotopic (exact) mass is 308 g/mol. The summed E-state index contributed by atoms with van der Waals surface area (Å²) >= 11 is 0. The maximum atomic E-state index is 5.41. The molecule has 1 aromatic heterocycles. The molecule has 1 aromatic rings. The van der Waals surface area contributed by atoms with Crippen molar-refractivity contribution in [2.24, 2.45) is 0 Å². The van der Waals surface area contributed by atoms with Crippen LogP contribution < -0.4 is 15.1 Å². The number of hydrogen-bond acceptors (Lipinski definition) is 8. The summed E-state index contributed by atoms with van der Waals surface area (Å²) in [5.41, 5.74) is 0. The summed E-state index contributed by atoms with van der Waals surface area (Å²) in [5, 5.41) is 3.29. The Morgan fingerprint density at radius 3 is 1.68 bits per heavy atom. The number of nitrogens with zero attached hydrogens (tertiary/aromatic N) is 5. The average Bonchev–Trinajstić information content (AvgIpc) is 2.55. The second kappa shape index (κ2) is 7.06. The Morgan fingerprint density at radius 1 is 0.818 bits per heavy atom. The predicted molar refractivity (Wildman–Crippen MR) is 84.6 cm³/mol. The number of anilines is 3. The third-order valence-corrected chi connectivity index (χ3v) is 3.62. The minimum atomic E-state index is 0.275. The number of rotatable bonds is 4. The van der Waals surface area contributed by atoms with Crippen molar-refractivity contribution in [3.63, 3.8) is 0 Å². The Bertz CT molecular complexity index is 450. The van der Waals surface area contributed by atoms with Gasteiger partial charge in [0.2, 0.25) is 17.8 Å². The van der Waals surface area contributed by atoms with Gasteiger partial charge in [0.05, 0.1) is 26.4 Å². The zero-order valence-corrected chi connectivity index (χ0v) is 13.3. The molecule has 0 radical (unpaired) electrons. The second-order valence-corrected chi connectivity index (χ2v) is 5.76. The van der Waals surface area contributed by atoms with E-state index in [1.165, 1.54) is 0 Å². The van der Waals surface area contributed by atoms with E-state index in [1.54, 1.807) is 0 Å². The number of hydrogen-bond donors (Lipinski definition) is 1. The van der Waals surface area contributed by atoms with Gasteiger partial charge in [-0.1, -0.05) is 0 Å². The Labute approximate surface area is 130 Å². The molecule has 0 aromatic carbocycles. The highest BCUT2D eigenvalue weighted by molar-refractivity contribution is 5.46. The van der Waals surface area contributed by atoms with E-state index in [2.05, 4.69) is 43.9 Å². The molecular weight excluding hydrogens is 284 g/mol. The van der Waals surface area contributed by atoms with E-state index >= 15 is 0 Å². The van der Waals surface area contributed by atoms with Crippen molar-refractivity contribution in [3.8, 4) is 0 Å². The highest BCUT2D eigenvalue weighted by atomic mass is 16.5. The van der Waals surface area contributed by atoms with E-state index in [9.17, 15) is 0 Å². The third-order valence-electron chi connectivity index (χ3n) is 3.62. The molecule has 0 saturated carbocycles. The molecule has 0 atom stereocenters. The first kappa shape index (κ1) is 15.2. The van der Waals surface area contributed by atoms with Crippen molar-refractivity contribution in [3.05, 3.63) is 0 Å². The van der Waals surface area contributed by atoms with E-state index in [1.807, 2.05) is 0 Å². The topological polar surface area (TPSA) is 75.6 Å². The van der Waals surface area contributed by atoms with E-state index in [4.69, 9.17) is 9.47 Å². The van der Waals surface area contributed by atoms with E-state index < -0.39 is 0 Å². The van der Waals surface area contributed by atoms with Crippen molar-refractivity contribution in [2.45, 2.75) is 19.9 Å². The smallest absolute Gasteiger partial charge is 0.232 e. The zero-order valence-electron chi connectivity index (χ0n) is 13.3. The quantitative estimate of drug-likeness (QED) is 0.855. The van der Waals surface area contributed by atoms with Gasteiger partial charge in [-0.3, -0.25) is 0 Å². The van der Waals surface area contributed by atoms with Crippen LogP contribution in [-0.4, -0.2) is 73.6 Å². The highest BCUT2D eigenvalue weighted by Gasteiger charge is 2.20. The van der Waals surface area contributed by atoms with Gasteiger partial charge >= 0.3 is 0 Å². The highest BCUT2D eigenvalue weighted by Crippen LogP contribution is 2.19. The van der Waals surface area contributed by atoms with Gasteiger partial charge in [0.25, 0.3) is 0 Å². The first-order chi connectivity index (χ1) is 10.7. The van der Waals surface area contributed by atoms with Crippen LogP contribution in [0.4, 0.5) is 17.8 Å². The molecule has 22 heavy (non-hydrogen) atoms. The van der Waals surface area contributed by atoms with Gasteiger partial charge < -0.3 is 24.6 Å². The molecule has 3 heterocycles. The lowest BCUT2D eigenvalue weighted by Crippen LogP contribution is -2.40. The molecule has 2 aliphatic heterocycles. The van der Waals surface area contributed by atoms with Crippen molar-refractivity contribution in [2.75, 3.05) is 67.7 Å². The zero-order chi connectivity index (χ0) is 15.4. The molecule has 0 unspecified atom stereocenters. The van der Waals surface area contributed by atoms with Gasteiger partial charge in [-0.15, -0.1) is 0 Å². The molecule has 8 nitrogen and oxygen atoms in total. The molecule has 0 spiro atoms. The van der Waals surface area contributed by atoms with Crippen LogP contribution in [0.3, 0.4) is 0 Å². The standard InChI is InChI=1S/C14H24N6O2/c1-11(2)15-12-16-13(19-3-7-21-8-4-19)18-14(17-12)20-5-9-22-10-6-20/h11H,3-10H2,1-2H3,(H,15,16,17,18). The molecule has 3 rings (SSSR count). The number of morpholine rings is 2. The molecular formula is C14H24N6O2. The van der Waals surface area contributed by atoms with Crippen molar-refractivity contribution in [1.82, 2.24) is 15.0 Å². The fourth-order valence-electron chi connectivity index (χ4n) is 2.49. The van der Waals surface area contributed by atoms with Crippen LogP contribution >= 0.6 is 0 Å². The normalized spacial score (nSPS) is 19.6. The molecule has 1 N–H and O–H groups in total. The molecule has 2 saturated heterocycles. The summed E-state index contributed by atoms with van der Waals surface area (Å²) in [4.78, 5) is 18.1. The Balaban J connectivity index is 1.86. The number of nitrogens with one attached hydrogen (secondary N) is 1. The third kappa shape index (κ3) is 3.75. The first-order valence-corrected chi connectivity index (χ1v) is 7.90. The maximum Gasteiger partial charge on any atom is 0.232 e. The maximum absolute atomic E-state index is 5.41. The lowest BCUT2D eigenvalue weighted by molar-refractivity contribution is 0.121. The Kier molecular flexibility index (Phi) is 4.89. The van der Waals surface area contributed by atoms with Gasteiger partial charge in [-0.25, -0.2) is 0 Å². The van der Waals surface area contributed by atoms with Crippen LogP contribution in [0.25, 0.3) is 0 Å². The summed E-state index contributed by atoms with van der Waals surface area (Å²) in [7, 11) is 0. The summed E-state index contributed by atoms with van der Waals surface area (Å²) in [5.74, 6) is 2.08. The fraction of sp³-hybridized carbons (Fsp3) is 0.786. The van der Waals surface area contributed by atoms with Gasteiger partial charge in [0.1, 0.15) is 0 Å². The molecule has 2 fully saturated rings. The van der Waals surface area contributed by atoms with Crippen LogP contribution in [0.15, 0.2) is 0 Å². The van der Waals surface area contributed by atoms with Crippen LogP contribution in [0.2, 0.25) is 0 Å². The van der Waals surface area contributed by atoms with Crippen LogP contribution in [-0.2, 0) is 9.47 Å². The summed E-state index contributed by atoms with van der Waals surface area (Å²) in [6.45, 7) is 10.3. The van der Waals surface area contributed by atoms with Crippen molar-refractivity contribution in [1.29, 1.82) is 0 Å². The van der Waals surface area contributed by atoms with Crippen LogP contribution in [0.1, 0.15) is 13.8 Å². The minimum absolute atomic E-state index is 0.275. The van der Waals surface area contributed by atoms with Crippen molar-refractivity contribution >= 4 is 17.8 Å². The molecule has 8 heteroatoms. The minimum Gasteiger partial charge on any atom is -0.378 e. The number of ether oxygens (including phenoxy) is 2. The van der Waals surface area contributed by atoms with Crippen LogP contribution in [0, 0.1) is 0 Å². The van der Waals surface area contributed by atoms with E-state index in [-0.39, 0.29) is 6.04 Å². The predicted octanol–water partition coefficient (Wildman–Crippen LogP) is 0.365. The molecule has 2 aliphatic rings. The largest absolute Gasteiger partial charge is 0.378 e. The molecule has 0 bridgehead atoms. The first-order valence-electron chi connectivity index (χ1n) is 7.90. The second-order valence-electron chi connectivity index (χ2n) is 5.76. The van der Waals surface area contributed by atoms with Gasteiger partial charge in [-0.2, -0.15) is 15.0 Å². The van der Waals surface area contributed by atoms with Gasteiger partial charge in [0.15, 0.2) is 0 Å². The Morgan fingerprint density at radius 2 is 1.27 bits per heavy atom. The lowest BCUT2D eigenvalue weighted by atomic mass is 10.4. The molecule has 0 aliphatic carbocycles. The fourth-order valence-corrected chi connectivity index (χ4v) is 2.49. The average molecular weight is 308 g/mol. The molecule has 0 amide bonds.